The molecule has 2 unspecified atom stereocenters. The SMILES string of the molecule is O=C1CC(O)CC(C=Cn2c(-c3ccccc3)nc(-c3ccnc(Nc4ccccc4)n3)c2-c2ccc(F)cc2)O1. The molecule has 2 atom stereocenters. The number of carbonyl (C=O) groups excluding carboxylic acids is 1. The highest BCUT2D eigenvalue weighted by atomic mass is 19.1. The molecule has 1 aliphatic heterocycles. The van der Waals surface area contributed by atoms with E-state index in [4.69, 9.17) is 14.7 Å². The highest BCUT2D eigenvalue weighted by molar-refractivity contribution is 5.83. The standard InChI is InChI=1S/C32H26FN5O3/c33-23-13-11-21(12-14-23)30-29(27-15-17-34-32(36-27)35-24-9-5-2-6-10-24)37-31(22-7-3-1-4-8-22)38(30)18-16-26-19-25(39)20-28(40)41-26/h1-18,25-26,39H,19-20H2,(H,34,35,36). The van der Waals surface area contributed by atoms with Crippen LogP contribution in [0, 0.1) is 5.82 Å². The number of ether oxygens (including phenoxy) is 1. The molecular weight excluding hydrogens is 521 g/mol. The highest BCUT2D eigenvalue weighted by Crippen LogP contribution is 2.36. The van der Waals surface area contributed by atoms with Gasteiger partial charge in [-0.25, -0.2) is 19.3 Å². The predicted molar refractivity (Wildman–Crippen MR) is 154 cm³/mol. The molecule has 5 aromatic rings. The summed E-state index contributed by atoms with van der Waals surface area (Å²) in [5.41, 5.74) is 4.15. The number of benzene rings is 3. The zero-order valence-corrected chi connectivity index (χ0v) is 21.9. The molecule has 1 aliphatic rings. The molecule has 8 nitrogen and oxygen atoms in total. The number of aliphatic hydroxyl groups excluding tert-OH is 1. The molecule has 3 aromatic carbocycles. The summed E-state index contributed by atoms with van der Waals surface area (Å²) in [4.78, 5) is 26.1. The van der Waals surface area contributed by atoms with Gasteiger partial charge >= 0.3 is 5.97 Å². The molecule has 6 rings (SSSR count). The van der Waals surface area contributed by atoms with Gasteiger partial charge in [0.1, 0.15) is 23.4 Å². The second-order valence-corrected chi connectivity index (χ2v) is 9.60. The Hall–Kier alpha value is -5.15. The lowest BCUT2D eigenvalue weighted by Crippen LogP contribution is -2.31. The molecule has 0 radical (unpaired) electrons. The Labute approximate surface area is 235 Å². The van der Waals surface area contributed by atoms with E-state index in [0.717, 1.165) is 11.3 Å². The maximum Gasteiger partial charge on any atom is 0.309 e. The van der Waals surface area contributed by atoms with Gasteiger partial charge in [0.25, 0.3) is 0 Å². The van der Waals surface area contributed by atoms with Gasteiger partial charge in [-0.15, -0.1) is 0 Å². The number of rotatable bonds is 7. The maximum atomic E-state index is 14.0. The molecule has 0 aliphatic carbocycles. The van der Waals surface area contributed by atoms with Gasteiger partial charge < -0.3 is 15.2 Å². The number of para-hydroxylation sites is 1. The van der Waals surface area contributed by atoms with Gasteiger partial charge in [-0.2, -0.15) is 0 Å². The first kappa shape index (κ1) is 26.1. The molecule has 204 valence electrons. The zero-order valence-electron chi connectivity index (χ0n) is 21.9. The quantitative estimate of drug-likeness (QED) is 0.238. The smallest absolute Gasteiger partial charge is 0.309 e. The van der Waals surface area contributed by atoms with Crippen molar-refractivity contribution in [2.24, 2.45) is 0 Å². The van der Waals surface area contributed by atoms with Crippen LogP contribution in [0.25, 0.3) is 40.2 Å². The van der Waals surface area contributed by atoms with E-state index >= 15 is 0 Å². The first-order chi connectivity index (χ1) is 20.0. The van der Waals surface area contributed by atoms with Gasteiger partial charge in [0.15, 0.2) is 0 Å². The topological polar surface area (TPSA) is 102 Å². The molecule has 1 saturated heterocycles. The summed E-state index contributed by atoms with van der Waals surface area (Å²) >= 11 is 0. The number of nitrogens with zero attached hydrogens (tertiary/aromatic N) is 4. The van der Waals surface area contributed by atoms with E-state index in [9.17, 15) is 14.3 Å². The van der Waals surface area contributed by atoms with Crippen LogP contribution >= 0.6 is 0 Å². The van der Waals surface area contributed by atoms with Crippen molar-refractivity contribution in [1.29, 1.82) is 0 Å². The number of nitrogens with one attached hydrogen (secondary N) is 1. The van der Waals surface area contributed by atoms with Crippen molar-refractivity contribution in [1.82, 2.24) is 19.5 Å². The fraction of sp³-hybridized carbons (Fsp3) is 0.125. The Kier molecular flexibility index (Phi) is 7.34. The van der Waals surface area contributed by atoms with Gasteiger partial charge in [0, 0.05) is 35.6 Å². The van der Waals surface area contributed by atoms with Gasteiger partial charge in [-0.3, -0.25) is 9.36 Å². The molecule has 1 fully saturated rings. The van der Waals surface area contributed by atoms with Crippen LogP contribution in [-0.4, -0.2) is 42.8 Å². The number of imidazole rings is 1. The second kappa shape index (κ2) is 11.5. The van der Waals surface area contributed by atoms with Crippen molar-refractivity contribution >= 4 is 23.8 Å². The Morgan fingerprint density at radius 1 is 0.927 bits per heavy atom. The van der Waals surface area contributed by atoms with Crippen molar-refractivity contribution in [3.05, 3.63) is 109 Å². The van der Waals surface area contributed by atoms with E-state index in [1.807, 2.05) is 65.2 Å². The predicted octanol–water partition coefficient (Wildman–Crippen LogP) is 6.09. The third-order valence-corrected chi connectivity index (χ3v) is 6.63. The first-order valence-corrected chi connectivity index (χ1v) is 13.2. The van der Waals surface area contributed by atoms with Gasteiger partial charge in [0.05, 0.1) is 23.9 Å². The van der Waals surface area contributed by atoms with E-state index < -0.39 is 18.2 Å². The number of halogens is 1. The maximum absolute atomic E-state index is 14.0. The molecule has 2 N–H and O–H groups in total. The summed E-state index contributed by atoms with van der Waals surface area (Å²) in [6.07, 6.45) is 4.04. The highest BCUT2D eigenvalue weighted by Gasteiger charge is 2.26. The summed E-state index contributed by atoms with van der Waals surface area (Å²) in [5.74, 6) is 0.189. The number of carbonyl (C=O) groups is 1. The molecule has 0 saturated carbocycles. The number of aliphatic hydroxyl groups is 1. The molecule has 3 heterocycles. The van der Waals surface area contributed by atoms with Crippen LogP contribution in [0.5, 0.6) is 0 Å². The normalized spacial score (nSPS) is 17.0. The molecule has 9 heteroatoms. The number of anilines is 2. The van der Waals surface area contributed by atoms with Gasteiger partial charge in [-0.1, -0.05) is 48.5 Å². The monoisotopic (exact) mass is 547 g/mol. The van der Waals surface area contributed by atoms with Crippen LogP contribution in [0.3, 0.4) is 0 Å². The van der Waals surface area contributed by atoms with Crippen molar-refractivity contribution < 1.29 is 19.0 Å². The third-order valence-electron chi connectivity index (χ3n) is 6.63. The average molecular weight is 548 g/mol. The number of aromatic nitrogens is 4. The summed E-state index contributed by atoms with van der Waals surface area (Å²) < 4.78 is 21.3. The minimum atomic E-state index is -0.772. The fourth-order valence-corrected chi connectivity index (χ4v) is 4.74. The van der Waals surface area contributed by atoms with E-state index in [2.05, 4.69) is 10.3 Å². The van der Waals surface area contributed by atoms with Crippen molar-refractivity contribution in [3.8, 4) is 34.0 Å². The van der Waals surface area contributed by atoms with Crippen LogP contribution in [0.4, 0.5) is 16.0 Å². The van der Waals surface area contributed by atoms with E-state index in [-0.39, 0.29) is 18.7 Å². The van der Waals surface area contributed by atoms with E-state index in [1.54, 1.807) is 36.7 Å². The Bertz CT molecular complexity index is 1690. The lowest BCUT2D eigenvalue weighted by atomic mass is 10.1. The Morgan fingerprint density at radius 3 is 2.39 bits per heavy atom. The summed E-state index contributed by atoms with van der Waals surface area (Å²) in [7, 11) is 0. The van der Waals surface area contributed by atoms with Crippen LogP contribution in [-0.2, 0) is 9.53 Å². The van der Waals surface area contributed by atoms with Crippen LogP contribution in [0.2, 0.25) is 0 Å². The molecule has 0 bridgehead atoms. The van der Waals surface area contributed by atoms with Crippen molar-refractivity contribution in [2.45, 2.75) is 25.0 Å². The average Bonchev–Trinajstić information content (AvgIpc) is 3.37. The molecular formula is C32H26FN5O3. The molecule has 0 spiro atoms. The van der Waals surface area contributed by atoms with Crippen LogP contribution in [0.15, 0.2) is 103 Å². The summed E-state index contributed by atoms with van der Waals surface area (Å²) in [6, 6.07) is 27.2. The molecule has 0 amide bonds. The lowest BCUT2D eigenvalue weighted by molar-refractivity contribution is -0.156. The zero-order chi connectivity index (χ0) is 28.2. The number of hydrogen-bond acceptors (Lipinski definition) is 7. The van der Waals surface area contributed by atoms with Crippen LogP contribution < -0.4 is 5.32 Å². The number of cyclic esters (lactones) is 1. The van der Waals surface area contributed by atoms with Gasteiger partial charge in [-0.05, 0) is 48.5 Å². The van der Waals surface area contributed by atoms with Crippen molar-refractivity contribution in [3.63, 3.8) is 0 Å². The number of hydrogen-bond donors (Lipinski definition) is 2. The Morgan fingerprint density at radius 2 is 1.66 bits per heavy atom. The summed E-state index contributed by atoms with van der Waals surface area (Å²) in [6.45, 7) is 0. The number of esters is 1. The second-order valence-electron chi connectivity index (χ2n) is 9.60. The van der Waals surface area contributed by atoms with Gasteiger partial charge in [0.2, 0.25) is 5.95 Å². The molecule has 2 aromatic heterocycles. The largest absolute Gasteiger partial charge is 0.458 e. The fourth-order valence-electron chi connectivity index (χ4n) is 4.74. The minimum Gasteiger partial charge on any atom is -0.458 e. The van der Waals surface area contributed by atoms with E-state index in [1.165, 1.54) is 12.1 Å². The molecule has 41 heavy (non-hydrogen) atoms. The third kappa shape index (κ3) is 5.90. The van der Waals surface area contributed by atoms with Crippen LogP contribution in [0.1, 0.15) is 12.8 Å². The first-order valence-electron chi connectivity index (χ1n) is 13.2. The summed E-state index contributed by atoms with van der Waals surface area (Å²) in [5, 5.41) is 13.3. The van der Waals surface area contributed by atoms with Crippen molar-refractivity contribution in [2.75, 3.05) is 5.32 Å². The Balaban J connectivity index is 1.51. The minimum absolute atomic E-state index is 0.0251. The van der Waals surface area contributed by atoms with E-state index in [0.29, 0.717) is 34.4 Å². The lowest BCUT2D eigenvalue weighted by Gasteiger charge is -2.23.